The fraction of sp³-hybridized carbons (Fsp3) is 0.455. The van der Waals surface area contributed by atoms with Gasteiger partial charge in [0.25, 0.3) is 0 Å². The van der Waals surface area contributed by atoms with E-state index in [4.69, 9.17) is 25.9 Å². The number of fused-ring (bicyclic) bond motifs is 2. The molecule has 0 amide bonds. The number of H-pyrrole nitrogens is 2. The van der Waals surface area contributed by atoms with Gasteiger partial charge in [0.1, 0.15) is 28.2 Å². The number of benzene rings is 2. The van der Waals surface area contributed by atoms with Gasteiger partial charge in [0.05, 0.1) is 19.3 Å². The number of aromatic amines is 2. The molecule has 0 aliphatic carbocycles. The first-order chi connectivity index (χ1) is 28.3. The molecule has 4 aromatic heterocycles. The fourth-order valence-corrected chi connectivity index (χ4v) is 8.25. The van der Waals surface area contributed by atoms with Crippen LogP contribution in [0.4, 0.5) is 16.0 Å². The molecule has 2 aliphatic heterocycles. The largest absolute Gasteiger partial charge is 0.463 e. The number of hydrogen-bond acceptors (Lipinski definition) is 11. The molecule has 6 heterocycles. The molecule has 306 valence electrons. The molecule has 2 aliphatic rings. The Morgan fingerprint density at radius 3 is 1.78 bits per heavy atom. The Morgan fingerprint density at radius 1 is 0.707 bits per heavy atom. The Labute approximate surface area is 338 Å². The van der Waals surface area contributed by atoms with Crippen LogP contribution in [-0.4, -0.2) is 96.5 Å². The Hall–Kier alpha value is -5.31. The number of aliphatic hydroxyl groups is 1. The van der Waals surface area contributed by atoms with Crippen LogP contribution < -0.4 is 20.9 Å². The molecule has 0 radical (unpaired) electrons. The third-order valence-corrected chi connectivity index (χ3v) is 11.5. The maximum Gasteiger partial charge on any atom is 0.319 e. The summed E-state index contributed by atoms with van der Waals surface area (Å²) in [5, 5.41) is 9.83. The van der Waals surface area contributed by atoms with Gasteiger partial charge in [0.2, 0.25) is 0 Å². The zero-order valence-corrected chi connectivity index (χ0v) is 33.3. The van der Waals surface area contributed by atoms with Crippen molar-refractivity contribution in [3.63, 3.8) is 0 Å². The van der Waals surface area contributed by atoms with Crippen LogP contribution in [0.2, 0.25) is 0 Å². The van der Waals surface area contributed by atoms with Crippen LogP contribution in [-0.2, 0) is 25.9 Å². The predicted octanol–water partition coefficient (Wildman–Crippen LogP) is 6.34. The first-order valence-electron chi connectivity index (χ1n) is 20.7. The van der Waals surface area contributed by atoms with E-state index in [-0.39, 0.29) is 18.0 Å². The van der Waals surface area contributed by atoms with Crippen molar-refractivity contribution in [3.8, 4) is 12.0 Å². The van der Waals surface area contributed by atoms with E-state index < -0.39 is 6.17 Å². The summed E-state index contributed by atoms with van der Waals surface area (Å²) >= 11 is 0. The van der Waals surface area contributed by atoms with E-state index in [0.29, 0.717) is 62.3 Å². The highest BCUT2D eigenvalue weighted by atomic mass is 19.1. The topological polar surface area (TPSA) is 180 Å². The lowest BCUT2D eigenvalue weighted by atomic mass is 10.00. The van der Waals surface area contributed by atoms with Crippen molar-refractivity contribution < 1.29 is 19.0 Å². The number of nitrogen functional groups attached to an aromatic ring is 2. The SMILES string of the molecule is CCCCOc1nc(N)c2[nH]cc(Cc3ccc(CN4CC(F)C(CCCCOc5nc(N)c6[nH]cc(Cc7ccc(CN8CCC(O)C8)cc7)c6n5)C4)cc3)c2n1. The average Bonchev–Trinajstić information content (AvgIpc) is 4.01. The van der Waals surface area contributed by atoms with E-state index in [1.807, 2.05) is 12.4 Å². The Balaban J connectivity index is 0.779. The van der Waals surface area contributed by atoms with Gasteiger partial charge in [-0.3, -0.25) is 9.80 Å². The number of alkyl halides is 1. The first-order valence-corrected chi connectivity index (χ1v) is 20.7. The van der Waals surface area contributed by atoms with Gasteiger partial charge < -0.3 is 36.0 Å². The van der Waals surface area contributed by atoms with E-state index in [9.17, 15) is 5.11 Å². The van der Waals surface area contributed by atoms with E-state index >= 15 is 4.39 Å². The number of likely N-dealkylation sites (tertiary alicyclic amines) is 2. The number of unbranched alkanes of at least 4 members (excludes halogenated alkanes) is 2. The van der Waals surface area contributed by atoms with Gasteiger partial charge in [0.15, 0.2) is 11.6 Å². The average molecular weight is 791 g/mol. The van der Waals surface area contributed by atoms with Gasteiger partial charge in [-0.15, -0.1) is 0 Å². The smallest absolute Gasteiger partial charge is 0.319 e. The van der Waals surface area contributed by atoms with Gasteiger partial charge in [-0.25, -0.2) is 4.39 Å². The van der Waals surface area contributed by atoms with Crippen LogP contribution in [0.1, 0.15) is 78.8 Å². The molecule has 7 N–H and O–H groups in total. The molecule has 2 aromatic carbocycles. The molecule has 0 bridgehead atoms. The monoisotopic (exact) mass is 790 g/mol. The molecule has 8 rings (SSSR count). The van der Waals surface area contributed by atoms with E-state index in [1.54, 1.807) is 0 Å². The minimum absolute atomic E-state index is 0.000689. The number of rotatable bonds is 18. The van der Waals surface area contributed by atoms with Crippen LogP contribution in [0.5, 0.6) is 12.0 Å². The summed E-state index contributed by atoms with van der Waals surface area (Å²) in [6, 6.07) is 17.7. The number of halogens is 1. The number of hydrogen-bond donors (Lipinski definition) is 5. The maximum atomic E-state index is 15.2. The highest BCUT2D eigenvalue weighted by Gasteiger charge is 2.32. The van der Waals surface area contributed by atoms with Crippen LogP contribution in [0, 0.1) is 5.92 Å². The minimum Gasteiger partial charge on any atom is -0.463 e. The van der Waals surface area contributed by atoms with E-state index in [2.05, 4.69) is 90.2 Å². The Morgan fingerprint density at radius 2 is 1.24 bits per heavy atom. The second kappa shape index (κ2) is 18.1. The fourth-order valence-electron chi connectivity index (χ4n) is 8.25. The number of nitrogens with zero attached hydrogens (tertiary/aromatic N) is 6. The molecule has 3 unspecified atom stereocenters. The van der Waals surface area contributed by atoms with Gasteiger partial charge >= 0.3 is 12.0 Å². The van der Waals surface area contributed by atoms with E-state index in [0.717, 1.165) is 104 Å². The molecule has 3 atom stereocenters. The molecule has 2 fully saturated rings. The number of ether oxygens (including phenoxy) is 2. The summed E-state index contributed by atoms with van der Waals surface area (Å²) < 4.78 is 26.9. The van der Waals surface area contributed by atoms with Crippen molar-refractivity contribution in [3.05, 3.63) is 94.3 Å². The van der Waals surface area contributed by atoms with E-state index in [1.165, 1.54) is 11.1 Å². The van der Waals surface area contributed by atoms with Gasteiger partial charge in [-0.1, -0.05) is 61.9 Å². The highest BCUT2D eigenvalue weighted by molar-refractivity contribution is 5.88. The molecule has 0 spiro atoms. The summed E-state index contributed by atoms with van der Waals surface area (Å²) in [5.74, 6) is 0.735. The Kier molecular flexibility index (Phi) is 12.3. The number of anilines is 2. The van der Waals surface area contributed by atoms with Crippen LogP contribution >= 0.6 is 0 Å². The zero-order chi connectivity index (χ0) is 40.0. The molecule has 58 heavy (non-hydrogen) atoms. The number of β-amino-alcohol motifs (C(OH)–C–C–N with tert-alkyl or cyclic N) is 1. The zero-order valence-electron chi connectivity index (χ0n) is 33.3. The van der Waals surface area contributed by atoms with Crippen LogP contribution in [0.3, 0.4) is 0 Å². The second-order valence-corrected chi connectivity index (χ2v) is 16.0. The number of nitrogens with one attached hydrogen (secondary N) is 2. The number of aromatic nitrogens is 6. The van der Waals surface area contributed by atoms with Crippen molar-refractivity contribution in [1.29, 1.82) is 0 Å². The number of nitrogens with two attached hydrogens (primary N) is 2. The summed E-state index contributed by atoms with van der Waals surface area (Å²) in [6.07, 6.45) is 9.43. The normalized spacial score (nSPS) is 18.8. The lowest BCUT2D eigenvalue weighted by Gasteiger charge is -2.16. The highest BCUT2D eigenvalue weighted by Crippen LogP contribution is 2.29. The second-order valence-electron chi connectivity index (χ2n) is 16.0. The molecule has 6 aromatic rings. The minimum atomic E-state index is -0.847. The standard InChI is InChI=1S/C44H55FN10O3/c1-2-3-17-57-43-50-37-33(21-48-39(37)41(46)52-43)20-29-9-13-31(14-10-29)24-55-25-32(36(45)27-55)6-4-5-18-58-44-51-38-34(22-49-40(38)42(47)53-44)19-28-7-11-30(12-8-28)23-54-16-15-35(56)26-54/h7-14,21-22,32,35-36,48-49,56H,2-6,15-20,23-27H2,1H3,(H2,46,50,52)(H2,47,51,53). The summed E-state index contributed by atoms with van der Waals surface area (Å²) in [6.45, 7) is 7.52. The molecular weight excluding hydrogens is 736 g/mol. The molecule has 14 heteroatoms. The van der Waals surface area contributed by atoms with Gasteiger partial charge in [-0.2, -0.15) is 19.9 Å². The Bertz CT molecular complexity index is 2280. The maximum absolute atomic E-state index is 15.2. The molecule has 13 nitrogen and oxygen atoms in total. The number of aliphatic hydroxyl groups excluding tert-OH is 1. The van der Waals surface area contributed by atoms with Gasteiger partial charge in [-0.05, 0) is 54.4 Å². The third kappa shape index (κ3) is 9.52. The van der Waals surface area contributed by atoms with Crippen molar-refractivity contribution in [2.75, 3.05) is 50.9 Å². The van der Waals surface area contributed by atoms with Crippen LogP contribution in [0.15, 0.2) is 60.9 Å². The van der Waals surface area contributed by atoms with Crippen molar-refractivity contribution in [2.24, 2.45) is 5.92 Å². The third-order valence-electron chi connectivity index (χ3n) is 11.5. The molecular formula is C44H55FN10O3. The lowest BCUT2D eigenvalue weighted by molar-refractivity contribution is 0.175. The van der Waals surface area contributed by atoms with Crippen molar-refractivity contribution in [1.82, 2.24) is 39.7 Å². The summed E-state index contributed by atoms with van der Waals surface area (Å²) in [5.41, 5.74) is 22.2. The predicted molar refractivity (Wildman–Crippen MR) is 224 cm³/mol. The van der Waals surface area contributed by atoms with Crippen molar-refractivity contribution >= 4 is 33.7 Å². The molecule has 0 saturated carbocycles. The summed E-state index contributed by atoms with van der Waals surface area (Å²) in [7, 11) is 0. The van der Waals surface area contributed by atoms with Crippen molar-refractivity contribution in [2.45, 2.75) is 83.7 Å². The van der Waals surface area contributed by atoms with Gasteiger partial charge in [0, 0.05) is 81.5 Å². The first kappa shape index (κ1) is 39.5. The summed E-state index contributed by atoms with van der Waals surface area (Å²) in [4.78, 5) is 29.0. The molecule has 2 saturated heterocycles. The lowest BCUT2D eigenvalue weighted by Crippen LogP contribution is -2.21. The van der Waals surface area contributed by atoms with Crippen LogP contribution in [0.25, 0.3) is 22.1 Å². The quantitative estimate of drug-likeness (QED) is 0.0614.